The Morgan fingerprint density at radius 2 is 2.18 bits per heavy atom. The molecule has 1 aromatic carbocycles. The van der Waals surface area contributed by atoms with Gasteiger partial charge in [-0.3, -0.25) is 4.79 Å². The molecule has 1 aromatic rings. The molecule has 0 aromatic heterocycles. The summed E-state index contributed by atoms with van der Waals surface area (Å²) < 4.78 is 0. The van der Waals surface area contributed by atoms with Gasteiger partial charge in [-0.2, -0.15) is 11.8 Å². The fourth-order valence-electron chi connectivity index (χ4n) is 1.36. The molecule has 0 heterocycles. The van der Waals surface area contributed by atoms with Crippen LogP contribution in [0.25, 0.3) is 0 Å². The Bertz CT molecular complexity index is 372. The molecule has 0 aliphatic rings. The van der Waals surface area contributed by atoms with E-state index in [9.17, 15) is 4.79 Å². The summed E-state index contributed by atoms with van der Waals surface area (Å²) in [4.78, 5) is 11.6. The molecule has 0 saturated heterocycles. The van der Waals surface area contributed by atoms with Crippen LogP contribution in [-0.4, -0.2) is 17.9 Å². The van der Waals surface area contributed by atoms with Crippen molar-refractivity contribution in [2.45, 2.75) is 19.8 Å². The molecule has 0 aliphatic carbocycles. The Labute approximate surface area is 113 Å². The molecule has 0 atom stereocenters. The molecule has 5 heteroatoms. The molecule has 0 radical (unpaired) electrons. The first-order valence-electron chi connectivity index (χ1n) is 5.28. The third-order valence-electron chi connectivity index (χ3n) is 2.29. The topological polar surface area (TPSA) is 55.1 Å². The van der Waals surface area contributed by atoms with Crippen molar-refractivity contribution in [1.29, 1.82) is 0 Å². The molecule has 17 heavy (non-hydrogen) atoms. The van der Waals surface area contributed by atoms with Crippen molar-refractivity contribution in [2.75, 3.05) is 23.1 Å². The average molecular weight is 275 g/mol. The number of nitrogen functional groups attached to an aromatic ring is 1. The number of rotatable bonds is 5. The van der Waals surface area contributed by atoms with E-state index < -0.39 is 0 Å². The molecule has 0 unspecified atom stereocenters. The van der Waals surface area contributed by atoms with E-state index in [0.29, 0.717) is 12.1 Å². The first-order chi connectivity index (χ1) is 7.63. The number of nitrogens with two attached hydrogens (primary N) is 1. The summed E-state index contributed by atoms with van der Waals surface area (Å²) in [6.45, 7) is 1.96. The Kier molecular flexibility index (Phi) is 7.83. The molecule has 0 saturated carbocycles. The monoisotopic (exact) mass is 274 g/mol. The maximum absolute atomic E-state index is 11.6. The van der Waals surface area contributed by atoms with Gasteiger partial charge in [0.15, 0.2) is 0 Å². The summed E-state index contributed by atoms with van der Waals surface area (Å²) in [5, 5.41) is 2.88. The van der Waals surface area contributed by atoms with Gasteiger partial charge in [-0.1, -0.05) is 6.07 Å². The fourth-order valence-corrected chi connectivity index (χ4v) is 1.80. The highest BCUT2D eigenvalue weighted by Crippen LogP contribution is 2.18. The van der Waals surface area contributed by atoms with Gasteiger partial charge in [0.1, 0.15) is 0 Å². The van der Waals surface area contributed by atoms with Crippen molar-refractivity contribution in [2.24, 2.45) is 0 Å². The number of carbonyl (C=O) groups excluding carboxylic acids is 1. The predicted octanol–water partition coefficient (Wildman–Crippen LogP) is 3.08. The zero-order valence-electron chi connectivity index (χ0n) is 10.2. The normalized spacial score (nSPS) is 9.53. The lowest BCUT2D eigenvalue weighted by Crippen LogP contribution is -2.12. The smallest absolute Gasteiger partial charge is 0.224 e. The number of anilines is 2. The lowest BCUT2D eigenvalue weighted by Gasteiger charge is -2.08. The number of halogens is 1. The summed E-state index contributed by atoms with van der Waals surface area (Å²) in [6.07, 6.45) is 3.52. The van der Waals surface area contributed by atoms with E-state index in [-0.39, 0.29) is 18.3 Å². The van der Waals surface area contributed by atoms with Crippen molar-refractivity contribution in [1.82, 2.24) is 0 Å². The van der Waals surface area contributed by atoms with Crippen LogP contribution in [0, 0.1) is 6.92 Å². The minimum Gasteiger partial charge on any atom is -0.399 e. The Morgan fingerprint density at radius 1 is 1.47 bits per heavy atom. The molecule has 0 fully saturated rings. The number of benzene rings is 1. The summed E-state index contributed by atoms with van der Waals surface area (Å²) in [5.41, 5.74) is 8.19. The van der Waals surface area contributed by atoms with Crippen molar-refractivity contribution in [3.63, 3.8) is 0 Å². The fraction of sp³-hybridized carbons (Fsp3) is 0.417. The van der Waals surface area contributed by atoms with Crippen molar-refractivity contribution in [3.8, 4) is 0 Å². The molecule has 0 spiro atoms. The Hall–Kier alpha value is -0.870. The van der Waals surface area contributed by atoms with Crippen LogP contribution in [0.1, 0.15) is 18.4 Å². The molecule has 0 aliphatic heterocycles. The molecule has 3 N–H and O–H groups in total. The van der Waals surface area contributed by atoms with Gasteiger partial charge in [0.05, 0.1) is 0 Å². The van der Waals surface area contributed by atoms with Crippen LogP contribution in [0.5, 0.6) is 0 Å². The van der Waals surface area contributed by atoms with E-state index in [1.165, 1.54) is 0 Å². The van der Waals surface area contributed by atoms with E-state index in [4.69, 9.17) is 5.73 Å². The minimum atomic E-state index is 0. The first kappa shape index (κ1) is 16.1. The quantitative estimate of drug-likeness (QED) is 0.641. The van der Waals surface area contributed by atoms with Gasteiger partial charge in [0, 0.05) is 17.8 Å². The molecular weight excluding hydrogens is 256 g/mol. The largest absolute Gasteiger partial charge is 0.399 e. The standard InChI is InChI=1S/C12H18N2OS.ClH/c1-9-5-6-10(13)8-11(9)14-12(15)4-3-7-16-2;/h5-6,8H,3-4,7,13H2,1-2H3,(H,14,15);1H. The van der Waals surface area contributed by atoms with Gasteiger partial charge >= 0.3 is 0 Å². The van der Waals surface area contributed by atoms with Crippen LogP contribution >= 0.6 is 24.2 Å². The van der Waals surface area contributed by atoms with Gasteiger partial charge in [0.25, 0.3) is 0 Å². The van der Waals surface area contributed by atoms with E-state index in [1.807, 2.05) is 25.3 Å². The molecular formula is C12H19ClN2OS. The van der Waals surface area contributed by atoms with Gasteiger partial charge in [-0.15, -0.1) is 12.4 Å². The Morgan fingerprint density at radius 3 is 2.82 bits per heavy atom. The number of aryl methyl sites for hydroxylation is 1. The molecule has 1 rings (SSSR count). The first-order valence-corrected chi connectivity index (χ1v) is 6.68. The molecule has 1 amide bonds. The van der Waals surface area contributed by atoms with Crippen molar-refractivity contribution >= 4 is 41.5 Å². The third kappa shape index (κ3) is 5.84. The number of carbonyl (C=O) groups is 1. The summed E-state index contributed by atoms with van der Waals surface area (Å²) >= 11 is 1.76. The third-order valence-corrected chi connectivity index (χ3v) is 2.98. The maximum Gasteiger partial charge on any atom is 0.224 e. The highest BCUT2D eigenvalue weighted by molar-refractivity contribution is 7.98. The highest BCUT2D eigenvalue weighted by atomic mass is 35.5. The highest BCUT2D eigenvalue weighted by Gasteiger charge is 2.04. The molecule has 96 valence electrons. The van der Waals surface area contributed by atoms with E-state index in [2.05, 4.69) is 5.32 Å². The second-order valence-electron chi connectivity index (χ2n) is 3.72. The van der Waals surface area contributed by atoms with Crippen molar-refractivity contribution < 1.29 is 4.79 Å². The van der Waals surface area contributed by atoms with Crippen LogP contribution in [0.3, 0.4) is 0 Å². The average Bonchev–Trinajstić information content (AvgIpc) is 2.24. The van der Waals surface area contributed by atoms with Gasteiger partial charge in [-0.05, 0) is 43.0 Å². The second-order valence-corrected chi connectivity index (χ2v) is 4.70. The van der Waals surface area contributed by atoms with Gasteiger partial charge < -0.3 is 11.1 Å². The number of hydrogen-bond acceptors (Lipinski definition) is 3. The lowest BCUT2D eigenvalue weighted by molar-refractivity contribution is -0.116. The summed E-state index contributed by atoms with van der Waals surface area (Å²) in [6, 6.07) is 5.54. The number of nitrogens with one attached hydrogen (secondary N) is 1. The SMILES string of the molecule is CSCCCC(=O)Nc1cc(N)ccc1C.Cl. The molecule has 0 bridgehead atoms. The number of hydrogen-bond donors (Lipinski definition) is 2. The number of amides is 1. The zero-order valence-corrected chi connectivity index (χ0v) is 11.8. The zero-order chi connectivity index (χ0) is 12.0. The van der Waals surface area contributed by atoms with Crippen LogP contribution in [0.15, 0.2) is 18.2 Å². The van der Waals surface area contributed by atoms with E-state index in [1.54, 1.807) is 17.8 Å². The van der Waals surface area contributed by atoms with E-state index in [0.717, 1.165) is 23.4 Å². The summed E-state index contributed by atoms with van der Waals surface area (Å²) in [5.74, 6) is 1.08. The van der Waals surface area contributed by atoms with Crippen LogP contribution in [0.4, 0.5) is 11.4 Å². The predicted molar refractivity (Wildman–Crippen MR) is 79.1 cm³/mol. The lowest BCUT2D eigenvalue weighted by atomic mass is 10.1. The van der Waals surface area contributed by atoms with E-state index >= 15 is 0 Å². The Balaban J connectivity index is 0.00000256. The maximum atomic E-state index is 11.6. The van der Waals surface area contributed by atoms with Gasteiger partial charge in [0.2, 0.25) is 5.91 Å². The number of thioether (sulfide) groups is 1. The van der Waals surface area contributed by atoms with Gasteiger partial charge in [-0.25, -0.2) is 0 Å². The molecule has 3 nitrogen and oxygen atoms in total. The van der Waals surface area contributed by atoms with Crippen LogP contribution < -0.4 is 11.1 Å². The van der Waals surface area contributed by atoms with Crippen molar-refractivity contribution in [3.05, 3.63) is 23.8 Å². The summed E-state index contributed by atoms with van der Waals surface area (Å²) in [7, 11) is 0. The van der Waals surface area contributed by atoms with Crippen LogP contribution in [-0.2, 0) is 4.79 Å². The van der Waals surface area contributed by atoms with Crippen LogP contribution in [0.2, 0.25) is 0 Å². The second kappa shape index (κ2) is 8.25. The minimum absolute atomic E-state index is 0.